The van der Waals surface area contributed by atoms with Crippen molar-refractivity contribution in [2.24, 2.45) is 0 Å². The summed E-state index contributed by atoms with van der Waals surface area (Å²) in [5.74, 6) is 2.51. The van der Waals surface area contributed by atoms with E-state index >= 15 is 0 Å². The second-order valence-corrected chi connectivity index (χ2v) is 7.44. The number of amides is 1. The van der Waals surface area contributed by atoms with Crippen molar-refractivity contribution in [1.29, 1.82) is 0 Å². The molecule has 2 saturated carbocycles. The minimum atomic E-state index is -0.179. The lowest BCUT2D eigenvalue weighted by molar-refractivity contribution is 0.0951. The van der Waals surface area contributed by atoms with Gasteiger partial charge >= 0.3 is 0 Å². The molecule has 28 heavy (non-hydrogen) atoms. The number of nitrogens with zero attached hydrogens (tertiary/aromatic N) is 2. The Bertz CT molecular complexity index is 844. The Kier molecular flexibility index (Phi) is 5.15. The highest BCUT2D eigenvalue weighted by molar-refractivity contribution is 5.95. The Hall–Kier alpha value is -2.70. The third-order valence-corrected chi connectivity index (χ3v) is 5.36. The number of methoxy groups -OCH3 is 3. The van der Waals surface area contributed by atoms with Crippen molar-refractivity contribution in [1.82, 2.24) is 15.1 Å². The van der Waals surface area contributed by atoms with Gasteiger partial charge in [0.2, 0.25) is 5.75 Å². The first-order chi connectivity index (χ1) is 13.6. The van der Waals surface area contributed by atoms with Crippen molar-refractivity contribution in [3.8, 4) is 17.2 Å². The Morgan fingerprint density at radius 1 is 1.04 bits per heavy atom. The molecule has 0 spiro atoms. The fourth-order valence-electron chi connectivity index (χ4n) is 3.51. The maximum atomic E-state index is 12.6. The molecule has 150 valence electrons. The van der Waals surface area contributed by atoms with Gasteiger partial charge in [-0.2, -0.15) is 5.10 Å². The van der Waals surface area contributed by atoms with Gasteiger partial charge in [-0.05, 0) is 43.9 Å². The van der Waals surface area contributed by atoms with Gasteiger partial charge in [-0.25, -0.2) is 0 Å². The molecule has 1 N–H and O–H groups in total. The lowest BCUT2D eigenvalue weighted by atomic mass is 10.1. The highest BCUT2D eigenvalue weighted by Crippen LogP contribution is 2.44. The summed E-state index contributed by atoms with van der Waals surface area (Å²) in [6.07, 6.45) is 4.99. The van der Waals surface area contributed by atoms with Gasteiger partial charge < -0.3 is 19.5 Å². The highest BCUT2D eigenvalue weighted by atomic mass is 16.5. The molecule has 7 heteroatoms. The number of aromatic nitrogens is 2. The molecular formula is C21H27N3O4. The first kappa shape index (κ1) is 18.7. The van der Waals surface area contributed by atoms with E-state index in [0.717, 1.165) is 0 Å². The maximum absolute atomic E-state index is 12.6. The summed E-state index contributed by atoms with van der Waals surface area (Å²) >= 11 is 0. The van der Waals surface area contributed by atoms with Crippen molar-refractivity contribution < 1.29 is 19.0 Å². The zero-order valence-corrected chi connectivity index (χ0v) is 16.7. The second kappa shape index (κ2) is 7.73. The summed E-state index contributed by atoms with van der Waals surface area (Å²) in [7, 11) is 4.61. The van der Waals surface area contributed by atoms with Gasteiger partial charge in [-0.3, -0.25) is 9.48 Å². The Morgan fingerprint density at radius 3 is 2.21 bits per heavy atom. The molecule has 0 aliphatic heterocycles. The van der Waals surface area contributed by atoms with Crippen molar-refractivity contribution in [2.45, 2.75) is 44.1 Å². The molecular weight excluding hydrogens is 358 g/mol. The molecule has 0 unspecified atom stereocenters. The first-order valence-corrected chi connectivity index (χ1v) is 9.80. The van der Waals surface area contributed by atoms with Gasteiger partial charge in [0.1, 0.15) is 0 Å². The molecule has 2 fully saturated rings. The number of carbonyl (C=O) groups is 1. The summed E-state index contributed by atoms with van der Waals surface area (Å²) in [5, 5.41) is 7.77. The van der Waals surface area contributed by atoms with Gasteiger partial charge in [0.05, 0.1) is 33.6 Å². The topological polar surface area (TPSA) is 74.6 Å². The average Bonchev–Trinajstić information content (AvgIpc) is 3.65. The van der Waals surface area contributed by atoms with Crippen molar-refractivity contribution in [3.05, 3.63) is 35.2 Å². The molecule has 1 aromatic carbocycles. The molecule has 1 aromatic heterocycles. The van der Waals surface area contributed by atoms with E-state index in [1.165, 1.54) is 58.4 Å². The number of hydrogen-bond donors (Lipinski definition) is 1. The van der Waals surface area contributed by atoms with Crippen molar-refractivity contribution in [2.75, 3.05) is 27.9 Å². The number of carbonyl (C=O) groups excluding carboxylic acids is 1. The molecule has 1 amide bonds. The molecule has 0 radical (unpaired) electrons. The summed E-state index contributed by atoms with van der Waals surface area (Å²) in [6, 6.07) is 5.59. The number of nitrogens with one attached hydrogen (secondary N) is 1. The zero-order chi connectivity index (χ0) is 19.7. The van der Waals surface area contributed by atoms with E-state index in [1.807, 2.05) is 0 Å². The van der Waals surface area contributed by atoms with Crippen LogP contribution in [-0.2, 0) is 6.54 Å². The van der Waals surface area contributed by atoms with E-state index < -0.39 is 0 Å². The maximum Gasteiger partial charge on any atom is 0.251 e. The van der Waals surface area contributed by atoms with Crippen molar-refractivity contribution >= 4 is 5.91 Å². The quantitative estimate of drug-likeness (QED) is 0.718. The van der Waals surface area contributed by atoms with Crippen LogP contribution in [0.4, 0.5) is 0 Å². The van der Waals surface area contributed by atoms with E-state index in [4.69, 9.17) is 19.3 Å². The number of hydrogen-bond acceptors (Lipinski definition) is 5. The molecule has 2 aliphatic carbocycles. The predicted octanol–water partition coefficient (Wildman–Crippen LogP) is 3.09. The Labute approximate surface area is 165 Å². The van der Waals surface area contributed by atoms with E-state index in [0.29, 0.717) is 47.7 Å². The van der Waals surface area contributed by atoms with Crippen LogP contribution in [-0.4, -0.2) is 43.6 Å². The standard InChI is InChI=1S/C21H27N3O4/c1-26-18-10-15(11-19(27-2)20(18)28-3)21(25)22-8-9-24-17(14-6-7-14)12-16(23-24)13-4-5-13/h10-14H,4-9H2,1-3H3,(H,22,25). The fourth-order valence-corrected chi connectivity index (χ4v) is 3.51. The molecule has 0 bridgehead atoms. The average molecular weight is 385 g/mol. The van der Waals surface area contributed by atoms with Gasteiger partial charge in [0.25, 0.3) is 5.91 Å². The van der Waals surface area contributed by atoms with Gasteiger partial charge in [0, 0.05) is 29.6 Å². The number of benzene rings is 1. The molecule has 2 aliphatic rings. The van der Waals surface area contributed by atoms with Crippen LogP contribution >= 0.6 is 0 Å². The summed E-state index contributed by atoms with van der Waals surface area (Å²) in [5.41, 5.74) is 3.01. The van der Waals surface area contributed by atoms with E-state index in [9.17, 15) is 4.79 Å². The van der Waals surface area contributed by atoms with Crippen LogP contribution in [0.1, 0.15) is 59.3 Å². The lowest BCUT2D eigenvalue weighted by Crippen LogP contribution is -2.28. The first-order valence-electron chi connectivity index (χ1n) is 9.80. The molecule has 2 aromatic rings. The van der Waals surface area contributed by atoms with Crippen LogP contribution in [0.2, 0.25) is 0 Å². The monoisotopic (exact) mass is 385 g/mol. The van der Waals surface area contributed by atoms with E-state index in [2.05, 4.69) is 16.1 Å². The molecule has 0 atom stereocenters. The van der Waals surface area contributed by atoms with Crippen LogP contribution in [0.5, 0.6) is 17.2 Å². The summed E-state index contributed by atoms with van der Waals surface area (Å²) in [4.78, 5) is 12.6. The van der Waals surface area contributed by atoms with Crippen LogP contribution in [0.15, 0.2) is 18.2 Å². The van der Waals surface area contributed by atoms with Crippen LogP contribution < -0.4 is 19.5 Å². The number of rotatable bonds is 9. The van der Waals surface area contributed by atoms with Crippen LogP contribution in [0.25, 0.3) is 0 Å². The SMILES string of the molecule is COc1cc(C(=O)NCCn2nc(C3CC3)cc2C2CC2)cc(OC)c1OC. The normalized spacial score (nSPS) is 16.0. The Morgan fingerprint density at radius 2 is 1.68 bits per heavy atom. The molecule has 1 heterocycles. The Balaban J connectivity index is 1.42. The highest BCUT2D eigenvalue weighted by Gasteiger charge is 2.32. The van der Waals surface area contributed by atoms with Crippen LogP contribution in [0.3, 0.4) is 0 Å². The summed E-state index contributed by atoms with van der Waals surface area (Å²) < 4.78 is 18.0. The molecule has 4 rings (SSSR count). The van der Waals surface area contributed by atoms with E-state index in [-0.39, 0.29) is 5.91 Å². The number of ether oxygens (including phenoxy) is 3. The third-order valence-electron chi connectivity index (χ3n) is 5.36. The predicted molar refractivity (Wildman–Crippen MR) is 105 cm³/mol. The second-order valence-electron chi connectivity index (χ2n) is 7.44. The van der Waals surface area contributed by atoms with Gasteiger partial charge in [-0.15, -0.1) is 0 Å². The third kappa shape index (κ3) is 3.79. The smallest absolute Gasteiger partial charge is 0.251 e. The van der Waals surface area contributed by atoms with Crippen LogP contribution in [0, 0.1) is 0 Å². The van der Waals surface area contributed by atoms with E-state index in [1.54, 1.807) is 12.1 Å². The largest absolute Gasteiger partial charge is 0.493 e. The molecule has 7 nitrogen and oxygen atoms in total. The lowest BCUT2D eigenvalue weighted by Gasteiger charge is -2.14. The fraction of sp³-hybridized carbons (Fsp3) is 0.524. The minimum Gasteiger partial charge on any atom is -0.493 e. The van der Waals surface area contributed by atoms with Gasteiger partial charge in [-0.1, -0.05) is 0 Å². The molecule has 0 saturated heterocycles. The summed E-state index contributed by atoms with van der Waals surface area (Å²) in [6.45, 7) is 1.19. The minimum absolute atomic E-state index is 0.179. The van der Waals surface area contributed by atoms with Crippen molar-refractivity contribution in [3.63, 3.8) is 0 Å². The zero-order valence-electron chi connectivity index (χ0n) is 16.7. The van der Waals surface area contributed by atoms with Gasteiger partial charge in [0.15, 0.2) is 11.5 Å².